The second-order valence-electron chi connectivity index (χ2n) is 4.68. The van der Waals surface area contributed by atoms with Gasteiger partial charge in [-0.15, -0.1) is 0 Å². The molecule has 0 aliphatic rings. The van der Waals surface area contributed by atoms with Crippen molar-refractivity contribution in [3.05, 3.63) is 35.4 Å². The Morgan fingerprint density at radius 2 is 1.74 bits per heavy atom. The van der Waals surface area contributed by atoms with Gasteiger partial charge < -0.3 is 15.5 Å². The summed E-state index contributed by atoms with van der Waals surface area (Å²) in [5, 5.41) is 22.3. The first-order valence-electron chi connectivity index (χ1n) is 6.47. The standard InChI is InChI=1S/C14H21F2NO2/c1-3-14(4-2,9-18)17-8-12(19)13-10(15)6-5-7-11(13)16/h5-7,12,17-19H,3-4,8-9H2,1-2H3. The van der Waals surface area contributed by atoms with Crippen LogP contribution >= 0.6 is 0 Å². The lowest BCUT2D eigenvalue weighted by molar-refractivity contribution is 0.111. The monoisotopic (exact) mass is 273 g/mol. The van der Waals surface area contributed by atoms with Crippen molar-refractivity contribution in [2.24, 2.45) is 0 Å². The molecule has 0 amide bonds. The van der Waals surface area contributed by atoms with E-state index < -0.39 is 23.3 Å². The van der Waals surface area contributed by atoms with Crippen LogP contribution in [0.1, 0.15) is 38.4 Å². The van der Waals surface area contributed by atoms with Crippen molar-refractivity contribution >= 4 is 0 Å². The highest BCUT2D eigenvalue weighted by Gasteiger charge is 2.26. The van der Waals surface area contributed by atoms with Gasteiger partial charge in [-0.3, -0.25) is 0 Å². The molecule has 0 aliphatic heterocycles. The molecular weight excluding hydrogens is 252 g/mol. The highest BCUT2D eigenvalue weighted by Crippen LogP contribution is 2.22. The minimum Gasteiger partial charge on any atom is -0.394 e. The zero-order valence-corrected chi connectivity index (χ0v) is 11.3. The van der Waals surface area contributed by atoms with E-state index in [2.05, 4.69) is 5.32 Å². The highest BCUT2D eigenvalue weighted by atomic mass is 19.1. The van der Waals surface area contributed by atoms with Crippen LogP contribution in [0.2, 0.25) is 0 Å². The van der Waals surface area contributed by atoms with Gasteiger partial charge in [0.05, 0.1) is 18.3 Å². The smallest absolute Gasteiger partial charge is 0.131 e. The van der Waals surface area contributed by atoms with Gasteiger partial charge in [0.25, 0.3) is 0 Å². The number of aliphatic hydroxyl groups is 2. The van der Waals surface area contributed by atoms with Crippen LogP contribution in [0.15, 0.2) is 18.2 Å². The third-order valence-corrected chi connectivity index (χ3v) is 3.66. The van der Waals surface area contributed by atoms with Crippen LogP contribution in [-0.2, 0) is 0 Å². The van der Waals surface area contributed by atoms with Crippen molar-refractivity contribution in [2.45, 2.75) is 38.3 Å². The Hall–Kier alpha value is -1.04. The number of hydrogen-bond donors (Lipinski definition) is 3. The Balaban J connectivity index is 2.78. The van der Waals surface area contributed by atoms with Gasteiger partial charge in [0.2, 0.25) is 0 Å². The molecule has 0 saturated carbocycles. The van der Waals surface area contributed by atoms with Crippen LogP contribution in [-0.4, -0.2) is 28.9 Å². The van der Waals surface area contributed by atoms with E-state index in [1.54, 1.807) is 0 Å². The van der Waals surface area contributed by atoms with Gasteiger partial charge in [0, 0.05) is 12.1 Å². The molecule has 3 N–H and O–H groups in total. The van der Waals surface area contributed by atoms with E-state index >= 15 is 0 Å². The second-order valence-corrected chi connectivity index (χ2v) is 4.68. The van der Waals surface area contributed by atoms with Gasteiger partial charge in [-0.1, -0.05) is 19.9 Å². The zero-order valence-electron chi connectivity index (χ0n) is 11.3. The predicted molar refractivity (Wildman–Crippen MR) is 69.7 cm³/mol. The molecule has 0 bridgehead atoms. The summed E-state index contributed by atoms with van der Waals surface area (Å²) >= 11 is 0. The molecule has 3 nitrogen and oxygen atoms in total. The molecule has 108 valence electrons. The van der Waals surface area contributed by atoms with Crippen LogP contribution < -0.4 is 5.32 Å². The lowest BCUT2D eigenvalue weighted by atomic mass is 9.93. The van der Waals surface area contributed by atoms with Crippen molar-refractivity contribution in [3.63, 3.8) is 0 Å². The van der Waals surface area contributed by atoms with E-state index in [4.69, 9.17) is 0 Å². The van der Waals surface area contributed by atoms with Gasteiger partial charge in [-0.05, 0) is 25.0 Å². The molecule has 0 aromatic heterocycles. The Morgan fingerprint density at radius 1 is 1.21 bits per heavy atom. The number of benzene rings is 1. The molecule has 1 atom stereocenters. The normalized spacial score (nSPS) is 13.6. The molecule has 1 rings (SSSR count). The van der Waals surface area contributed by atoms with E-state index in [1.165, 1.54) is 6.07 Å². The summed E-state index contributed by atoms with van der Waals surface area (Å²) < 4.78 is 27.0. The lowest BCUT2D eigenvalue weighted by Gasteiger charge is -2.32. The van der Waals surface area contributed by atoms with Gasteiger partial charge in [0.1, 0.15) is 11.6 Å². The van der Waals surface area contributed by atoms with Crippen molar-refractivity contribution in [1.82, 2.24) is 5.32 Å². The average Bonchev–Trinajstić information content (AvgIpc) is 2.41. The summed E-state index contributed by atoms with van der Waals surface area (Å²) in [5.74, 6) is -1.53. The average molecular weight is 273 g/mol. The molecule has 1 aromatic rings. The molecule has 0 aliphatic carbocycles. The van der Waals surface area contributed by atoms with Crippen molar-refractivity contribution < 1.29 is 19.0 Å². The van der Waals surface area contributed by atoms with E-state index in [0.717, 1.165) is 12.1 Å². The minimum absolute atomic E-state index is 0.0138. The fourth-order valence-electron chi connectivity index (χ4n) is 2.02. The maximum Gasteiger partial charge on any atom is 0.131 e. The van der Waals surface area contributed by atoms with E-state index in [-0.39, 0.29) is 18.7 Å². The number of rotatable bonds is 7. The Bertz CT molecular complexity index is 380. The molecule has 0 heterocycles. The predicted octanol–water partition coefficient (Wildman–Crippen LogP) is 2.14. The van der Waals surface area contributed by atoms with Crippen LogP contribution in [0.4, 0.5) is 8.78 Å². The van der Waals surface area contributed by atoms with E-state index in [9.17, 15) is 19.0 Å². The molecule has 1 unspecified atom stereocenters. The highest BCUT2D eigenvalue weighted by molar-refractivity contribution is 5.22. The fourth-order valence-corrected chi connectivity index (χ4v) is 2.02. The van der Waals surface area contributed by atoms with Crippen LogP contribution in [0.5, 0.6) is 0 Å². The van der Waals surface area contributed by atoms with Gasteiger partial charge in [-0.2, -0.15) is 0 Å². The third kappa shape index (κ3) is 3.72. The Morgan fingerprint density at radius 3 is 2.16 bits per heavy atom. The molecular formula is C14H21F2NO2. The number of β-amino-alcohol motifs (C(OH)–C–C–N with tert-alkyl or cyclic N) is 1. The Labute approximate surface area is 112 Å². The summed E-state index contributed by atoms with van der Waals surface area (Å²) in [6.45, 7) is 3.71. The van der Waals surface area contributed by atoms with Gasteiger partial charge in [0.15, 0.2) is 0 Å². The number of hydrogen-bond acceptors (Lipinski definition) is 3. The minimum atomic E-state index is -1.29. The van der Waals surface area contributed by atoms with Crippen LogP contribution in [0.3, 0.4) is 0 Å². The molecule has 0 radical (unpaired) electrons. The van der Waals surface area contributed by atoms with Crippen LogP contribution in [0.25, 0.3) is 0 Å². The number of halogens is 2. The van der Waals surface area contributed by atoms with E-state index in [0.29, 0.717) is 12.8 Å². The fraction of sp³-hybridized carbons (Fsp3) is 0.571. The zero-order chi connectivity index (χ0) is 14.5. The summed E-state index contributed by atoms with van der Waals surface area (Å²) in [6, 6.07) is 3.48. The van der Waals surface area contributed by atoms with Crippen molar-refractivity contribution in [2.75, 3.05) is 13.2 Å². The molecule has 0 fully saturated rings. The Kier molecular flexibility index (Phi) is 5.85. The molecule has 19 heavy (non-hydrogen) atoms. The quantitative estimate of drug-likeness (QED) is 0.713. The first-order chi connectivity index (χ1) is 8.99. The second kappa shape index (κ2) is 6.93. The molecule has 0 spiro atoms. The first-order valence-corrected chi connectivity index (χ1v) is 6.47. The number of nitrogens with one attached hydrogen (secondary N) is 1. The summed E-state index contributed by atoms with van der Waals surface area (Å²) in [7, 11) is 0. The van der Waals surface area contributed by atoms with Crippen LogP contribution in [0, 0.1) is 11.6 Å². The topological polar surface area (TPSA) is 52.5 Å². The third-order valence-electron chi connectivity index (χ3n) is 3.66. The maximum atomic E-state index is 13.5. The van der Waals surface area contributed by atoms with E-state index in [1.807, 2.05) is 13.8 Å². The lowest BCUT2D eigenvalue weighted by Crippen LogP contribution is -2.49. The summed E-state index contributed by atoms with van der Waals surface area (Å²) in [6.07, 6.45) is 0.0316. The number of aliphatic hydroxyl groups excluding tert-OH is 2. The maximum absolute atomic E-state index is 13.5. The summed E-state index contributed by atoms with van der Waals surface area (Å²) in [4.78, 5) is 0. The largest absolute Gasteiger partial charge is 0.394 e. The van der Waals surface area contributed by atoms with Gasteiger partial charge in [-0.25, -0.2) is 8.78 Å². The van der Waals surface area contributed by atoms with Gasteiger partial charge >= 0.3 is 0 Å². The summed E-state index contributed by atoms with van der Waals surface area (Å²) in [5.41, 5.74) is -0.864. The molecule has 0 saturated heterocycles. The SMILES string of the molecule is CCC(CC)(CO)NCC(O)c1c(F)cccc1F. The first kappa shape index (κ1) is 16.0. The van der Waals surface area contributed by atoms with Crippen molar-refractivity contribution in [3.8, 4) is 0 Å². The molecule has 1 aromatic carbocycles. The van der Waals surface area contributed by atoms with Crippen molar-refractivity contribution in [1.29, 1.82) is 0 Å². The molecule has 5 heteroatoms.